The summed E-state index contributed by atoms with van der Waals surface area (Å²) in [5.41, 5.74) is 1.53. The zero-order chi connectivity index (χ0) is 33.8. The lowest BCUT2D eigenvalue weighted by molar-refractivity contribution is -0.123. The predicted octanol–water partition coefficient (Wildman–Crippen LogP) is 4.62. The van der Waals surface area contributed by atoms with Gasteiger partial charge in [0.2, 0.25) is 11.3 Å². The molecule has 2 amide bonds. The van der Waals surface area contributed by atoms with Gasteiger partial charge in [0.25, 0.3) is 5.91 Å². The van der Waals surface area contributed by atoms with Gasteiger partial charge in [-0.3, -0.25) is 14.4 Å². The van der Waals surface area contributed by atoms with E-state index in [-0.39, 0.29) is 40.8 Å². The number of aromatic nitrogens is 3. The van der Waals surface area contributed by atoms with Crippen LogP contribution in [0.2, 0.25) is 0 Å². The number of furan rings is 1. The molecule has 3 aromatic heterocycles. The van der Waals surface area contributed by atoms with Crippen LogP contribution in [0.4, 0.5) is 10.1 Å². The summed E-state index contributed by atoms with van der Waals surface area (Å²) in [7, 11) is 0. The van der Waals surface area contributed by atoms with Gasteiger partial charge in [0.1, 0.15) is 27.9 Å². The van der Waals surface area contributed by atoms with Crippen molar-refractivity contribution in [1.29, 1.82) is 0 Å². The molecule has 49 heavy (non-hydrogen) atoms. The number of amides is 2. The number of para-hydroxylation sites is 1. The molecule has 6 aromatic rings. The second kappa shape index (κ2) is 12.1. The molecule has 0 bridgehead atoms. The van der Waals surface area contributed by atoms with E-state index in [0.717, 1.165) is 16.8 Å². The Morgan fingerprint density at radius 1 is 1.14 bits per heavy atom. The molecule has 2 aliphatic rings. The number of anilines is 1. The molecule has 8 rings (SSSR count). The standard InChI is InChI=1S/C36H33FN6O6/c1-20(44)13-31(45)40-21-7-11-42(17-21)33-26(37)14-24-32-35(33)49-30-15-23-22-5-2-3-6-28(22)48-29(23)16-27(30)43(32)18-25(34(24)46)36(47)39-8-4-10-41-12-9-38-19-41/h2-3,5-6,9,12,14-16,18-21,44H,4,7-8,10-11,13,17H2,1H3,(H,39,47)(H,40,45). The van der Waals surface area contributed by atoms with Crippen LogP contribution in [0.3, 0.4) is 0 Å². The highest BCUT2D eigenvalue weighted by atomic mass is 19.1. The number of aryl methyl sites for hydroxylation is 1. The molecule has 2 aliphatic heterocycles. The molecule has 1 fully saturated rings. The first-order chi connectivity index (χ1) is 23.7. The minimum Gasteiger partial charge on any atom is -0.456 e. The number of pyridine rings is 1. The lowest BCUT2D eigenvalue weighted by atomic mass is 10.0. The Bertz CT molecular complexity index is 2330. The maximum Gasteiger partial charge on any atom is 0.256 e. The zero-order valence-electron chi connectivity index (χ0n) is 26.6. The number of nitrogens with zero attached hydrogens (tertiary/aromatic N) is 4. The SMILES string of the molecule is CC(O)CC(=O)NC1CCN(c2c(F)cc3c(=O)c(C(=O)NCCCn4ccnc4)cn4c3c2Oc2cc3c(cc2-4)oc2ccccc23)C1. The topological polar surface area (TPSA) is 144 Å². The first-order valence-corrected chi connectivity index (χ1v) is 16.3. The molecule has 3 aromatic carbocycles. The number of halogens is 1. The van der Waals surface area contributed by atoms with Crippen molar-refractivity contribution in [3.63, 3.8) is 0 Å². The van der Waals surface area contributed by atoms with Gasteiger partial charge < -0.3 is 38.9 Å². The van der Waals surface area contributed by atoms with Crippen molar-refractivity contribution in [2.24, 2.45) is 0 Å². The summed E-state index contributed by atoms with van der Waals surface area (Å²) in [6, 6.07) is 12.1. The van der Waals surface area contributed by atoms with Gasteiger partial charge in [-0.25, -0.2) is 9.37 Å². The van der Waals surface area contributed by atoms with E-state index < -0.39 is 23.3 Å². The summed E-state index contributed by atoms with van der Waals surface area (Å²) in [5.74, 6) is -0.991. The Morgan fingerprint density at radius 3 is 2.82 bits per heavy atom. The van der Waals surface area contributed by atoms with Crippen LogP contribution < -0.4 is 25.7 Å². The van der Waals surface area contributed by atoms with E-state index in [1.807, 2.05) is 41.1 Å². The number of carbonyl (C=O) groups is 2. The molecular formula is C36H33FN6O6. The lowest BCUT2D eigenvalue weighted by Crippen LogP contribution is -2.38. The molecule has 0 spiro atoms. The molecule has 0 aliphatic carbocycles. The number of hydrogen-bond acceptors (Lipinski definition) is 8. The number of ether oxygens (including phenoxy) is 1. The normalized spacial score (nSPS) is 15.8. The average Bonchev–Trinajstić information content (AvgIpc) is 3.83. The van der Waals surface area contributed by atoms with Crippen molar-refractivity contribution in [2.75, 3.05) is 24.5 Å². The van der Waals surface area contributed by atoms with Gasteiger partial charge in [0, 0.05) is 67.7 Å². The lowest BCUT2D eigenvalue weighted by Gasteiger charge is -2.29. The second-order valence-corrected chi connectivity index (χ2v) is 12.7. The van der Waals surface area contributed by atoms with Crippen molar-refractivity contribution in [3.05, 3.63) is 89.0 Å². The number of carbonyl (C=O) groups excluding carboxylic acids is 2. The molecular weight excluding hydrogens is 631 g/mol. The van der Waals surface area contributed by atoms with Gasteiger partial charge in [-0.1, -0.05) is 18.2 Å². The van der Waals surface area contributed by atoms with Crippen molar-refractivity contribution in [3.8, 4) is 17.2 Å². The number of nitrogens with one attached hydrogen (secondary N) is 2. The number of hydrogen-bond donors (Lipinski definition) is 3. The fourth-order valence-electron chi connectivity index (χ4n) is 6.89. The van der Waals surface area contributed by atoms with Crippen LogP contribution in [0.5, 0.6) is 11.5 Å². The number of aliphatic hydroxyl groups excluding tert-OH is 1. The molecule has 5 heterocycles. The van der Waals surface area contributed by atoms with Gasteiger partial charge in [0.05, 0.1) is 29.9 Å². The minimum atomic E-state index is -0.779. The van der Waals surface area contributed by atoms with Crippen LogP contribution in [0, 0.1) is 5.82 Å². The molecule has 2 unspecified atom stereocenters. The van der Waals surface area contributed by atoms with Crippen molar-refractivity contribution in [2.45, 2.75) is 44.9 Å². The van der Waals surface area contributed by atoms with Gasteiger partial charge in [-0.2, -0.15) is 0 Å². The molecule has 13 heteroatoms. The zero-order valence-corrected chi connectivity index (χ0v) is 26.6. The molecule has 1 saturated heterocycles. The molecule has 2 atom stereocenters. The van der Waals surface area contributed by atoms with E-state index in [4.69, 9.17) is 9.15 Å². The summed E-state index contributed by atoms with van der Waals surface area (Å²) < 4.78 is 32.6. The second-order valence-electron chi connectivity index (χ2n) is 12.7. The fraction of sp³-hybridized carbons (Fsp3) is 0.278. The molecule has 250 valence electrons. The fourth-order valence-corrected chi connectivity index (χ4v) is 6.89. The average molecular weight is 665 g/mol. The van der Waals surface area contributed by atoms with Crippen LogP contribution in [0.1, 0.15) is 36.5 Å². The monoisotopic (exact) mass is 664 g/mol. The summed E-state index contributed by atoms with van der Waals surface area (Å²) in [5, 5.41) is 17.1. The van der Waals surface area contributed by atoms with Crippen molar-refractivity contribution >= 4 is 50.3 Å². The summed E-state index contributed by atoms with van der Waals surface area (Å²) >= 11 is 0. The van der Waals surface area contributed by atoms with Crippen molar-refractivity contribution in [1.82, 2.24) is 24.8 Å². The number of aliphatic hydroxyl groups is 1. The Labute approximate surface area is 278 Å². The number of fused-ring (bicyclic) bond motifs is 5. The Balaban J connectivity index is 1.22. The Morgan fingerprint density at radius 2 is 2.00 bits per heavy atom. The molecule has 0 saturated carbocycles. The van der Waals surface area contributed by atoms with Crippen molar-refractivity contribution < 1.29 is 28.2 Å². The van der Waals surface area contributed by atoms with Crippen LogP contribution in [-0.4, -0.2) is 62.8 Å². The molecule has 3 N–H and O–H groups in total. The summed E-state index contributed by atoms with van der Waals surface area (Å²) in [6.07, 6.45) is 7.04. The van der Waals surface area contributed by atoms with Crippen LogP contribution in [0.25, 0.3) is 38.5 Å². The maximum absolute atomic E-state index is 16.3. The number of benzene rings is 3. The first kappa shape index (κ1) is 30.6. The Hall–Kier alpha value is -5.69. The third-order valence-corrected chi connectivity index (χ3v) is 9.13. The first-order valence-electron chi connectivity index (χ1n) is 16.3. The number of rotatable bonds is 9. The van der Waals surface area contributed by atoms with Gasteiger partial charge in [-0.05, 0) is 38.0 Å². The minimum absolute atomic E-state index is 0.00125. The quantitative estimate of drug-likeness (QED) is 0.190. The third-order valence-electron chi connectivity index (χ3n) is 9.13. The van der Waals surface area contributed by atoms with Gasteiger partial charge >= 0.3 is 0 Å². The van der Waals surface area contributed by atoms with E-state index in [1.54, 1.807) is 35.0 Å². The van der Waals surface area contributed by atoms with E-state index in [1.165, 1.54) is 6.20 Å². The summed E-state index contributed by atoms with van der Waals surface area (Å²) in [4.78, 5) is 45.6. The summed E-state index contributed by atoms with van der Waals surface area (Å²) in [6.45, 7) is 3.21. The smallest absolute Gasteiger partial charge is 0.256 e. The largest absolute Gasteiger partial charge is 0.456 e. The van der Waals surface area contributed by atoms with Crippen LogP contribution in [0.15, 0.2) is 76.6 Å². The Kier molecular flexibility index (Phi) is 7.55. The van der Waals surface area contributed by atoms with E-state index in [9.17, 15) is 19.5 Å². The van der Waals surface area contributed by atoms with Crippen LogP contribution in [-0.2, 0) is 11.3 Å². The van der Waals surface area contributed by atoms with Crippen LogP contribution >= 0.6 is 0 Å². The highest BCUT2D eigenvalue weighted by Gasteiger charge is 2.34. The highest BCUT2D eigenvalue weighted by Crippen LogP contribution is 2.49. The highest BCUT2D eigenvalue weighted by molar-refractivity contribution is 6.07. The maximum atomic E-state index is 16.3. The van der Waals surface area contributed by atoms with Gasteiger partial charge in [-0.15, -0.1) is 0 Å². The van der Waals surface area contributed by atoms with E-state index in [2.05, 4.69) is 15.6 Å². The third kappa shape index (κ3) is 5.45. The van der Waals surface area contributed by atoms with E-state index >= 15 is 4.39 Å². The van der Waals surface area contributed by atoms with E-state index in [0.29, 0.717) is 67.1 Å². The van der Waals surface area contributed by atoms with Gasteiger partial charge in [0.15, 0.2) is 17.3 Å². The molecule has 12 nitrogen and oxygen atoms in total. The predicted molar refractivity (Wildman–Crippen MR) is 181 cm³/mol. The molecule has 0 radical (unpaired) electrons. The number of imidazole rings is 1.